The Bertz CT molecular complexity index is 335. The smallest absolute Gasteiger partial charge is 0.202 e. The fourth-order valence-electron chi connectivity index (χ4n) is 1.89. The quantitative estimate of drug-likeness (QED) is 0.687. The Labute approximate surface area is 103 Å². The van der Waals surface area contributed by atoms with Crippen molar-refractivity contribution in [3.63, 3.8) is 0 Å². The van der Waals surface area contributed by atoms with Gasteiger partial charge in [-0.25, -0.2) is 4.98 Å². The molecule has 1 heterocycles. The average Bonchev–Trinajstić information content (AvgIpc) is 3.09. The highest BCUT2D eigenvalue weighted by atomic mass is 16.5. The van der Waals surface area contributed by atoms with Gasteiger partial charge in [-0.2, -0.15) is 0 Å². The lowest BCUT2D eigenvalue weighted by atomic mass is 10.5. The summed E-state index contributed by atoms with van der Waals surface area (Å²) >= 11 is 0. The zero-order chi connectivity index (χ0) is 12.1. The van der Waals surface area contributed by atoms with Gasteiger partial charge >= 0.3 is 0 Å². The van der Waals surface area contributed by atoms with Gasteiger partial charge in [0.05, 0.1) is 6.61 Å². The molecule has 17 heavy (non-hydrogen) atoms. The molecule has 1 fully saturated rings. The lowest BCUT2D eigenvalue weighted by Crippen LogP contribution is -2.25. The summed E-state index contributed by atoms with van der Waals surface area (Å²) in [6, 6.07) is 0.823. The molecule has 96 valence electrons. The summed E-state index contributed by atoms with van der Waals surface area (Å²) in [7, 11) is 3.91. The van der Waals surface area contributed by atoms with Gasteiger partial charge in [-0.3, -0.25) is 0 Å². The van der Waals surface area contributed by atoms with Crippen LogP contribution in [0.3, 0.4) is 0 Å². The molecule has 0 aliphatic heterocycles. The standard InChI is InChI=1S/C12H22N4O/c1-15(11-3-4-11)8-9-16-7-5-13-12(16)14-6-10-17-2/h5,7,11H,3-4,6,8-10H2,1-2H3,(H,13,14). The van der Waals surface area contributed by atoms with E-state index in [9.17, 15) is 0 Å². The molecule has 1 N–H and O–H groups in total. The van der Waals surface area contributed by atoms with Gasteiger partial charge < -0.3 is 19.5 Å². The molecule has 0 saturated heterocycles. The number of aromatic nitrogens is 2. The first kappa shape index (κ1) is 12.4. The largest absolute Gasteiger partial charge is 0.383 e. The first-order valence-electron chi connectivity index (χ1n) is 6.25. The normalized spacial score (nSPS) is 15.5. The summed E-state index contributed by atoms with van der Waals surface area (Å²) in [5.74, 6) is 0.936. The second-order valence-corrected chi connectivity index (χ2v) is 4.58. The van der Waals surface area contributed by atoms with E-state index in [1.807, 2.05) is 12.4 Å². The van der Waals surface area contributed by atoms with Crippen LogP contribution in [-0.4, -0.2) is 54.3 Å². The van der Waals surface area contributed by atoms with Crippen molar-refractivity contribution >= 4 is 5.95 Å². The Morgan fingerprint density at radius 1 is 1.59 bits per heavy atom. The molecule has 5 nitrogen and oxygen atoms in total. The summed E-state index contributed by atoms with van der Waals surface area (Å²) in [6.45, 7) is 3.57. The number of hydrogen-bond acceptors (Lipinski definition) is 4. The van der Waals surface area contributed by atoms with Crippen molar-refractivity contribution in [3.05, 3.63) is 12.4 Å². The van der Waals surface area contributed by atoms with Gasteiger partial charge in [0, 0.05) is 45.2 Å². The average molecular weight is 238 g/mol. The van der Waals surface area contributed by atoms with E-state index in [2.05, 4.69) is 26.8 Å². The minimum Gasteiger partial charge on any atom is -0.383 e. The number of rotatable bonds is 8. The molecule has 1 aliphatic rings. The highest BCUT2D eigenvalue weighted by Crippen LogP contribution is 2.25. The van der Waals surface area contributed by atoms with E-state index in [0.717, 1.165) is 31.6 Å². The molecule has 0 atom stereocenters. The molecule has 1 aliphatic carbocycles. The van der Waals surface area contributed by atoms with Gasteiger partial charge in [0.25, 0.3) is 0 Å². The first-order valence-corrected chi connectivity index (χ1v) is 6.25. The molecule has 0 spiro atoms. The van der Waals surface area contributed by atoms with Crippen LogP contribution in [0.15, 0.2) is 12.4 Å². The maximum absolute atomic E-state index is 5.01. The zero-order valence-electron chi connectivity index (χ0n) is 10.7. The lowest BCUT2D eigenvalue weighted by molar-refractivity contribution is 0.210. The Balaban J connectivity index is 1.76. The monoisotopic (exact) mass is 238 g/mol. The first-order chi connectivity index (χ1) is 8.31. The van der Waals surface area contributed by atoms with Crippen LogP contribution in [0.4, 0.5) is 5.95 Å². The number of nitrogens with zero attached hydrogens (tertiary/aromatic N) is 3. The maximum atomic E-state index is 5.01. The zero-order valence-corrected chi connectivity index (χ0v) is 10.7. The molecule has 1 aromatic rings. The SMILES string of the molecule is COCCNc1nccn1CCN(C)C1CC1. The van der Waals surface area contributed by atoms with Crippen LogP contribution < -0.4 is 5.32 Å². The number of imidazole rings is 1. The van der Waals surface area contributed by atoms with Crippen molar-refractivity contribution in [1.82, 2.24) is 14.5 Å². The molecule has 2 rings (SSSR count). The van der Waals surface area contributed by atoms with Gasteiger partial charge in [-0.05, 0) is 19.9 Å². The van der Waals surface area contributed by atoms with Gasteiger partial charge in [-0.1, -0.05) is 0 Å². The number of nitrogens with one attached hydrogen (secondary N) is 1. The van der Waals surface area contributed by atoms with Crippen LogP contribution in [0.25, 0.3) is 0 Å². The van der Waals surface area contributed by atoms with Crippen LogP contribution >= 0.6 is 0 Å². The van der Waals surface area contributed by atoms with Crippen LogP contribution in [-0.2, 0) is 11.3 Å². The minimum atomic E-state index is 0.703. The van der Waals surface area contributed by atoms with E-state index in [1.54, 1.807) is 7.11 Å². The van der Waals surface area contributed by atoms with E-state index >= 15 is 0 Å². The molecule has 0 bridgehead atoms. The highest BCUT2D eigenvalue weighted by Gasteiger charge is 2.25. The van der Waals surface area contributed by atoms with Crippen molar-refractivity contribution in [1.29, 1.82) is 0 Å². The van der Waals surface area contributed by atoms with Crippen molar-refractivity contribution in [2.24, 2.45) is 0 Å². The summed E-state index contributed by atoms with van der Waals surface area (Å²) in [6.07, 6.45) is 6.58. The Kier molecular flexibility index (Phi) is 4.39. The van der Waals surface area contributed by atoms with Crippen LogP contribution in [0.5, 0.6) is 0 Å². The predicted octanol–water partition coefficient (Wildman–Crippen LogP) is 1.04. The number of hydrogen-bond donors (Lipinski definition) is 1. The van der Waals surface area contributed by atoms with Crippen LogP contribution in [0.2, 0.25) is 0 Å². The Morgan fingerprint density at radius 3 is 3.12 bits per heavy atom. The maximum Gasteiger partial charge on any atom is 0.202 e. The number of anilines is 1. The third-order valence-corrected chi connectivity index (χ3v) is 3.17. The second-order valence-electron chi connectivity index (χ2n) is 4.58. The highest BCUT2D eigenvalue weighted by molar-refractivity contribution is 5.25. The lowest BCUT2D eigenvalue weighted by Gasteiger charge is -2.17. The molecular formula is C12H22N4O. The number of likely N-dealkylation sites (N-methyl/N-ethyl adjacent to an activating group) is 1. The van der Waals surface area contributed by atoms with E-state index < -0.39 is 0 Å². The van der Waals surface area contributed by atoms with Crippen molar-refractivity contribution in [2.75, 3.05) is 39.2 Å². The second kappa shape index (κ2) is 6.02. The summed E-state index contributed by atoms with van der Waals surface area (Å²) in [5.41, 5.74) is 0. The van der Waals surface area contributed by atoms with Crippen LogP contribution in [0.1, 0.15) is 12.8 Å². The minimum absolute atomic E-state index is 0.703. The molecule has 0 radical (unpaired) electrons. The third kappa shape index (κ3) is 3.71. The van der Waals surface area contributed by atoms with Gasteiger partial charge in [-0.15, -0.1) is 0 Å². The van der Waals surface area contributed by atoms with Crippen molar-refractivity contribution < 1.29 is 4.74 Å². The van der Waals surface area contributed by atoms with Gasteiger partial charge in [0.1, 0.15) is 0 Å². The third-order valence-electron chi connectivity index (χ3n) is 3.17. The fourth-order valence-corrected chi connectivity index (χ4v) is 1.89. The summed E-state index contributed by atoms with van der Waals surface area (Å²) < 4.78 is 7.17. The Morgan fingerprint density at radius 2 is 2.41 bits per heavy atom. The fraction of sp³-hybridized carbons (Fsp3) is 0.750. The molecule has 0 amide bonds. The van der Waals surface area contributed by atoms with E-state index in [-0.39, 0.29) is 0 Å². The predicted molar refractivity (Wildman–Crippen MR) is 68.2 cm³/mol. The topological polar surface area (TPSA) is 42.3 Å². The molecule has 0 aromatic carbocycles. The molecule has 1 saturated carbocycles. The van der Waals surface area contributed by atoms with E-state index in [4.69, 9.17) is 4.74 Å². The van der Waals surface area contributed by atoms with E-state index in [1.165, 1.54) is 12.8 Å². The van der Waals surface area contributed by atoms with E-state index in [0.29, 0.717) is 6.61 Å². The Hall–Kier alpha value is -1.07. The van der Waals surface area contributed by atoms with Crippen molar-refractivity contribution in [2.45, 2.75) is 25.4 Å². The molecular weight excluding hydrogens is 216 g/mol. The van der Waals surface area contributed by atoms with Crippen molar-refractivity contribution in [3.8, 4) is 0 Å². The number of methoxy groups -OCH3 is 1. The molecule has 0 unspecified atom stereocenters. The summed E-state index contributed by atoms with van der Waals surface area (Å²) in [5, 5.41) is 3.27. The van der Waals surface area contributed by atoms with Crippen LogP contribution in [0, 0.1) is 0 Å². The van der Waals surface area contributed by atoms with Gasteiger partial charge in [0.2, 0.25) is 5.95 Å². The molecule has 5 heteroatoms. The summed E-state index contributed by atoms with van der Waals surface area (Å²) in [4.78, 5) is 6.73. The molecule has 1 aromatic heterocycles. The van der Waals surface area contributed by atoms with Gasteiger partial charge in [0.15, 0.2) is 0 Å². The number of ether oxygens (including phenoxy) is 1.